The molecule has 1 saturated heterocycles. The molecule has 0 aliphatic carbocycles. The first-order valence-electron chi connectivity index (χ1n) is 15.6. The maximum atomic E-state index is 12.7. The van der Waals surface area contributed by atoms with Gasteiger partial charge in [0.1, 0.15) is 6.04 Å². The second-order valence-corrected chi connectivity index (χ2v) is 11.6. The van der Waals surface area contributed by atoms with Gasteiger partial charge in [0.05, 0.1) is 49.8 Å². The number of para-hydroxylation sites is 2. The van der Waals surface area contributed by atoms with Gasteiger partial charge in [0.2, 0.25) is 0 Å². The van der Waals surface area contributed by atoms with E-state index in [0.717, 1.165) is 38.9 Å². The molecule has 6 rings (SSSR count). The highest BCUT2D eigenvalue weighted by atomic mass is 16.7. The zero-order chi connectivity index (χ0) is 32.6. The van der Waals surface area contributed by atoms with E-state index in [9.17, 15) is 14.7 Å². The molecule has 2 amide bonds. The van der Waals surface area contributed by atoms with Gasteiger partial charge in [-0.15, -0.1) is 0 Å². The average molecular weight is 635 g/mol. The van der Waals surface area contributed by atoms with Gasteiger partial charge in [-0.25, -0.2) is 14.6 Å². The molecule has 1 aliphatic heterocycles. The number of hydrogen-bond acceptors (Lipinski definition) is 7. The van der Waals surface area contributed by atoms with Gasteiger partial charge in [0, 0.05) is 24.9 Å². The molecule has 242 valence electrons. The van der Waals surface area contributed by atoms with Crippen molar-refractivity contribution in [3.8, 4) is 0 Å². The zero-order valence-corrected chi connectivity index (χ0v) is 26.1. The summed E-state index contributed by atoms with van der Waals surface area (Å²) in [6.07, 6.45) is 1.82. The van der Waals surface area contributed by atoms with E-state index in [4.69, 9.17) is 14.2 Å². The summed E-state index contributed by atoms with van der Waals surface area (Å²) in [4.78, 5) is 29.6. The first kappa shape index (κ1) is 31.9. The molecule has 1 fully saturated rings. The van der Waals surface area contributed by atoms with Crippen molar-refractivity contribution in [3.05, 3.63) is 137 Å². The van der Waals surface area contributed by atoms with E-state index in [0.29, 0.717) is 19.4 Å². The van der Waals surface area contributed by atoms with Crippen LogP contribution in [0.15, 0.2) is 109 Å². The van der Waals surface area contributed by atoms with Crippen LogP contribution in [0.5, 0.6) is 0 Å². The number of rotatable bonds is 11. The average Bonchev–Trinajstić information content (AvgIpc) is 3.53. The zero-order valence-electron chi connectivity index (χ0n) is 26.1. The number of amides is 2. The van der Waals surface area contributed by atoms with Crippen molar-refractivity contribution in [1.29, 1.82) is 0 Å². The number of nitrogens with one attached hydrogen (secondary N) is 2. The molecule has 0 radical (unpaired) electrons. The predicted molar refractivity (Wildman–Crippen MR) is 176 cm³/mol. The highest BCUT2D eigenvalue weighted by Crippen LogP contribution is 2.38. The van der Waals surface area contributed by atoms with Crippen LogP contribution in [0.2, 0.25) is 0 Å². The maximum Gasteiger partial charge on any atom is 0.328 e. The van der Waals surface area contributed by atoms with Crippen LogP contribution < -0.4 is 10.6 Å². The van der Waals surface area contributed by atoms with Crippen molar-refractivity contribution in [2.75, 3.05) is 7.11 Å². The lowest BCUT2D eigenvalue weighted by atomic mass is 9.99. The summed E-state index contributed by atoms with van der Waals surface area (Å²) in [6, 6.07) is 31.7. The summed E-state index contributed by atoms with van der Waals surface area (Å²) in [6.45, 7) is 0.851. The fourth-order valence-electron chi connectivity index (χ4n) is 5.78. The molecule has 0 bridgehead atoms. The molecule has 0 unspecified atom stereocenters. The SMILES string of the molecule is COC(=O)[C@H](Cc1ccccc1)NC(=O)NCc1ccc([C@H]2O[C@@H](Cn3cnc4ccccc43)C[C@@H](c3ccc(CO)cc3)O2)cc1. The Morgan fingerprint density at radius 2 is 1.60 bits per heavy atom. The minimum absolute atomic E-state index is 0.0176. The van der Waals surface area contributed by atoms with Crippen LogP contribution in [-0.2, 0) is 45.1 Å². The minimum atomic E-state index is -0.814. The van der Waals surface area contributed by atoms with Gasteiger partial charge in [-0.3, -0.25) is 0 Å². The van der Waals surface area contributed by atoms with Crippen molar-refractivity contribution in [2.24, 2.45) is 0 Å². The van der Waals surface area contributed by atoms with Gasteiger partial charge in [0.15, 0.2) is 6.29 Å². The molecule has 10 nitrogen and oxygen atoms in total. The van der Waals surface area contributed by atoms with Crippen molar-refractivity contribution in [3.63, 3.8) is 0 Å². The molecule has 10 heteroatoms. The van der Waals surface area contributed by atoms with Crippen LogP contribution in [0, 0.1) is 0 Å². The van der Waals surface area contributed by atoms with E-state index in [2.05, 4.69) is 26.3 Å². The van der Waals surface area contributed by atoms with Crippen LogP contribution >= 0.6 is 0 Å². The number of esters is 1. The lowest BCUT2D eigenvalue weighted by Crippen LogP contribution is -2.47. The van der Waals surface area contributed by atoms with Crippen LogP contribution in [-0.4, -0.2) is 45.9 Å². The second kappa shape index (κ2) is 15.0. The van der Waals surface area contributed by atoms with Crippen LogP contribution in [0.1, 0.15) is 46.6 Å². The Morgan fingerprint density at radius 3 is 2.34 bits per heavy atom. The summed E-state index contributed by atoms with van der Waals surface area (Å²) in [5, 5.41) is 15.1. The number of methoxy groups -OCH3 is 1. The number of fused-ring (bicyclic) bond motifs is 1. The molecular weight excluding hydrogens is 596 g/mol. The Hall–Kier alpha value is -5.03. The minimum Gasteiger partial charge on any atom is -0.467 e. The molecule has 4 aromatic carbocycles. The molecule has 1 aliphatic rings. The number of benzene rings is 4. The molecule has 0 spiro atoms. The number of aliphatic hydroxyl groups is 1. The van der Waals surface area contributed by atoms with Gasteiger partial charge in [-0.2, -0.15) is 0 Å². The Balaban J connectivity index is 1.12. The number of carbonyl (C=O) groups is 2. The number of ether oxygens (including phenoxy) is 3. The highest BCUT2D eigenvalue weighted by molar-refractivity contribution is 5.83. The van der Waals surface area contributed by atoms with Crippen LogP contribution in [0.25, 0.3) is 11.0 Å². The molecule has 0 saturated carbocycles. The predicted octanol–water partition coefficient (Wildman–Crippen LogP) is 5.36. The van der Waals surface area contributed by atoms with E-state index in [-0.39, 0.29) is 25.4 Å². The summed E-state index contributed by atoms with van der Waals surface area (Å²) in [5.74, 6) is -0.511. The van der Waals surface area contributed by atoms with E-state index in [1.165, 1.54) is 7.11 Å². The first-order valence-corrected chi connectivity index (χ1v) is 15.6. The number of aromatic nitrogens is 2. The summed E-state index contributed by atoms with van der Waals surface area (Å²) in [7, 11) is 1.30. The molecule has 1 aromatic heterocycles. The lowest BCUT2D eigenvalue weighted by Gasteiger charge is -2.36. The van der Waals surface area contributed by atoms with Gasteiger partial charge < -0.3 is 34.5 Å². The van der Waals surface area contributed by atoms with Crippen molar-refractivity contribution in [2.45, 2.75) is 57.1 Å². The van der Waals surface area contributed by atoms with Crippen molar-refractivity contribution >= 4 is 23.0 Å². The number of urea groups is 1. The number of hydrogen-bond donors (Lipinski definition) is 3. The fourth-order valence-corrected chi connectivity index (χ4v) is 5.78. The lowest BCUT2D eigenvalue weighted by molar-refractivity contribution is -0.252. The van der Waals surface area contributed by atoms with Crippen LogP contribution in [0.4, 0.5) is 4.79 Å². The first-order chi connectivity index (χ1) is 23.0. The maximum absolute atomic E-state index is 12.7. The Labute approximate surface area is 273 Å². The van der Waals surface area contributed by atoms with Gasteiger partial charge >= 0.3 is 12.0 Å². The molecule has 5 aromatic rings. The molecular formula is C37H38N4O6. The summed E-state index contributed by atoms with van der Waals surface area (Å²) >= 11 is 0. The third-order valence-corrected chi connectivity index (χ3v) is 8.32. The molecule has 2 heterocycles. The summed E-state index contributed by atoms with van der Waals surface area (Å²) in [5.41, 5.74) is 6.47. The Bertz CT molecular complexity index is 1770. The largest absolute Gasteiger partial charge is 0.467 e. The molecule has 47 heavy (non-hydrogen) atoms. The Kier molecular flexibility index (Phi) is 10.2. The van der Waals surface area contributed by atoms with Gasteiger partial charge in [-0.05, 0) is 34.4 Å². The number of nitrogens with zero attached hydrogens (tertiary/aromatic N) is 2. The van der Waals surface area contributed by atoms with E-state index in [1.54, 1.807) is 0 Å². The van der Waals surface area contributed by atoms with E-state index >= 15 is 0 Å². The number of carbonyl (C=O) groups excluding carboxylic acids is 2. The third kappa shape index (κ3) is 8.04. The van der Waals surface area contributed by atoms with Crippen molar-refractivity contribution < 1.29 is 28.9 Å². The quantitative estimate of drug-likeness (QED) is 0.167. The summed E-state index contributed by atoms with van der Waals surface area (Å²) < 4.78 is 20.0. The topological polar surface area (TPSA) is 124 Å². The second-order valence-electron chi connectivity index (χ2n) is 11.6. The smallest absolute Gasteiger partial charge is 0.328 e. The van der Waals surface area contributed by atoms with Crippen LogP contribution in [0.3, 0.4) is 0 Å². The monoisotopic (exact) mass is 634 g/mol. The van der Waals surface area contributed by atoms with Gasteiger partial charge in [0.25, 0.3) is 0 Å². The fraction of sp³-hybridized carbons (Fsp3) is 0.270. The highest BCUT2D eigenvalue weighted by Gasteiger charge is 2.32. The standard InChI is InChI=1S/C37H38N4O6/c1-45-35(43)32(19-25-7-3-2-4-8-25)40-37(44)38-21-26-11-17-29(18-12-26)36-46-30(22-41-24-39-31-9-5-6-10-33(31)41)20-34(47-36)28-15-13-27(23-42)14-16-28/h2-18,24,30,32,34,36,42H,19-23H2,1H3,(H2,38,40,44)/t30-,32+,34+,36+/m1/s1. The van der Waals surface area contributed by atoms with Gasteiger partial charge in [-0.1, -0.05) is 91.0 Å². The number of imidazole rings is 1. The number of aliphatic hydroxyl groups excluding tert-OH is 1. The van der Waals surface area contributed by atoms with E-state index < -0.39 is 24.3 Å². The Morgan fingerprint density at radius 1 is 0.894 bits per heavy atom. The van der Waals surface area contributed by atoms with Crippen molar-refractivity contribution in [1.82, 2.24) is 20.2 Å². The molecule has 3 N–H and O–H groups in total. The molecule has 4 atom stereocenters. The normalized spacial score (nSPS) is 18.4. The van der Waals surface area contributed by atoms with E-state index in [1.807, 2.05) is 103 Å². The third-order valence-electron chi connectivity index (χ3n) is 8.32.